The molecule has 0 bridgehead atoms. The summed E-state index contributed by atoms with van der Waals surface area (Å²) in [7, 11) is 1.63. The van der Waals surface area contributed by atoms with E-state index >= 15 is 0 Å². The average molecular weight is 347 g/mol. The van der Waals surface area contributed by atoms with Crippen LogP contribution in [-0.2, 0) is 12.8 Å². The quantitative estimate of drug-likeness (QED) is 0.546. The number of methoxy groups -OCH3 is 1. The molecule has 3 rings (SSSR count). The molecule has 7 heteroatoms. The van der Waals surface area contributed by atoms with Crippen LogP contribution in [0.2, 0.25) is 0 Å². The Balaban J connectivity index is 1.70. The largest absolute Gasteiger partial charge is 0.497 e. The molecular formula is C19H17N5O2. The molecule has 1 amide bonds. The Morgan fingerprint density at radius 3 is 2.88 bits per heavy atom. The van der Waals surface area contributed by atoms with Crippen LogP contribution in [0.1, 0.15) is 21.6 Å². The molecule has 2 aromatic heterocycles. The number of anilines is 1. The van der Waals surface area contributed by atoms with E-state index in [1.54, 1.807) is 31.5 Å². The summed E-state index contributed by atoms with van der Waals surface area (Å²) in [5.41, 5.74) is 2.29. The minimum absolute atomic E-state index is 0.266. The van der Waals surface area contributed by atoms with E-state index in [9.17, 15) is 10.1 Å². The van der Waals surface area contributed by atoms with E-state index in [0.29, 0.717) is 12.0 Å². The number of ether oxygens (including phenoxy) is 1. The van der Waals surface area contributed by atoms with Gasteiger partial charge >= 0.3 is 0 Å². The van der Waals surface area contributed by atoms with Crippen LogP contribution in [-0.4, -0.2) is 28.2 Å². The summed E-state index contributed by atoms with van der Waals surface area (Å²) in [6.07, 6.45) is 6.34. The second-order valence-electron chi connectivity index (χ2n) is 5.59. The van der Waals surface area contributed by atoms with Gasteiger partial charge in [0.15, 0.2) is 12.0 Å². The van der Waals surface area contributed by atoms with Crippen LogP contribution in [0.5, 0.6) is 5.75 Å². The Hall–Kier alpha value is -3.66. The maximum absolute atomic E-state index is 12.4. The van der Waals surface area contributed by atoms with Crippen molar-refractivity contribution >= 4 is 11.7 Å². The van der Waals surface area contributed by atoms with E-state index in [0.717, 1.165) is 28.3 Å². The molecule has 0 saturated carbocycles. The lowest BCUT2D eigenvalue weighted by molar-refractivity contribution is 0.0998. The van der Waals surface area contributed by atoms with Crippen LogP contribution in [0.4, 0.5) is 5.82 Å². The molecule has 0 spiro atoms. The van der Waals surface area contributed by atoms with Gasteiger partial charge in [0, 0.05) is 24.2 Å². The molecule has 0 unspecified atom stereocenters. The van der Waals surface area contributed by atoms with Gasteiger partial charge in [0.05, 0.1) is 12.7 Å². The molecule has 1 aromatic carbocycles. The fourth-order valence-electron chi connectivity index (χ4n) is 2.52. The van der Waals surface area contributed by atoms with Gasteiger partial charge in [0.2, 0.25) is 0 Å². The van der Waals surface area contributed by atoms with Crippen LogP contribution in [0.25, 0.3) is 0 Å². The van der Waals surface area contributed by atoms with Crippen molar-refractivity contribution in [2.75, 3.05) is 12.0 Å². The summed E-state index contributed by atoms with van der Waals surface area (Å²) in [6.45, 7) is 0. The van der Waals surface area contributed by atoms with Crippen LogP contribution in [0, 0.1) is 11.5 Å². The lowest BCUT2D eigenvalue weighted by atomic mass is 10.1. The number of hydrogen-bond donors (Lipinski definition) is 1. The van der Waals surface area contributed by atoms with Gasteiger partial charge in [-0.05, 0) is 42.7 Å². The molecule has 2 heterocycles. The number of hydrogen-bond acceptors (Lipinski definition) is 5. The van der Waals surface area contributed by atoms with Gasteiger partial charge in [-0.15, -0.1) is 0 Å². The number of nitriles is 1. The SMILES string of the molecule is COc1cccc(CCc2cc(N(C#N)C(=O)c3cccnc3)n[nH]2)c1. The standard InChI is InChI=1S/C19H17N5O2/c1-26-17-6-2-4-14(10-17)7-8-16-11-18(23-22-16)24(13-20)19(25)15-5-3-9-21-12-15/h2-6,9-12H,7-8H2,1H3,(H,22,23). The smallest absolute Gasteiger partial charge is 0.274 e. The first-order valence-corrected chi connectivity index (χ1v) is 8.02. The molecular weight excluding hydrogens is 330 g/mol. The number of pyridine rings is 1. The highest BCUT2D eigenvalue weighted by Gasteiger charge is 2.20. The highest BCUT2D eigenvalue weighted by molar-refractivity contribution is 6.07. The molecule has 0 saturated heterocycles. The van der Waals surface area contributed by atoms with Gasteiger partial charge in [0.1, 0.15) is 5.75 Å². The van der Waals surface area contributed by atoms with Crippen molar-refractivity contribution in [1.82, 2.24) is 15.2 Å². The molecule has 3 aromatic rings. The molecule has 1 N–H and O–H groups in total. The summed E-state index contributed by atoms with van der Waals surface area (Å²) in [6, 6.07) is 12.8. The van der Waals surface area contributed by atoms with Crippen LogP contribution in [0.3, 0.4) is 0 Å². The fraction of sp³-hybridized carbons (Fsp3) is 0.158. The van der Waals surface area contributed by atoms with Crippen molar-refractivity contribution in [3.63, 3.8) is 0 Å². The minimum Gasteiger partial charge on any atom is -0.497 e. The summed E-state index contributed by atoms with van der Waals surface area (Å²) in [5.74, 6) is 0.610. The van der Waals surface area contributed by atoms with Gasteiger partial charge in [-0.3, -0.25) is 14.9 Å². The third kappa shape index (κ3) is 3.87. The summed E-state index contributed by atoms with van der Waals surface area (Å²) in [4.78, 5) is 17.3. The molecule has 130 valence electrons. The van der Waals surface area contributed by atoms with Crippen LogP contribution >= 0.6 is 0 Å². The second-order valence-corrected chi connectivity index (χ2v) is 5.59. The molecule has 0 fully saturated rings. The predicted molar refractivity (Wildman–Crippen MR) is 95.6 cm³/mol. The molecule has 0 aliphatic heterocycles. The molecule has 0 atom stereocenters. The number of nitrogens with one attached hydrogen (secondary N) is 1. The van der Waals surface area contributed by atoms with Crippen LogP contribution < -0.4 is 9.64 Å². The highest BCUT2D eigenvalue weighted by atomic mass is 16.5. The Bertz CT molecular complexity index is 930. The normalized spacial score (nSPS) is 10.2. The Labute approximate surface area is 150 Å². The predicted octanol–water partition coefficient (Wildman–Crippen LogP) is 2.73. The Morgan fingerprint density at radius 1 is 1.27 bits per heavy atom. The minimum atomic E-state index is -0.466. The summed E-state index contributed by atoms with van der Waals surface area (Å²) < 4.78 is 5.22. The summed E-state index contributed by atoms with van der Waals surface area (Å²) >= 11 is 0. The Kier molecular flexibility index (Phi) is 5.25. The maximum atomic E-state index is 12.4. The van der Waals surface area contributed by atoms with Gasteiger partial charge in [-0.25, -0.2) is 0 Å². The molecule has 0 radical (unpaired) electrons. The number of amides is 1. The van der Waals surface area contributed by atoms with Crippen molar-refractivity contribution in [3.8, 4) is 11.9 Å². The van der Waals surface area contributed by atoms with E-state index in [1.807, 2.05) is 30.5 Å². The molecule has 26 heavy (non-hydrogen) atoms. The maximum Gasteiger partial charge on any atom is 0.274 e. The first kappa shape index (κ1) is 17.2. The van der Waals surface area contributed by atoms with Crippen molar-refractivity contribution < 1.29 is 9.53 Å². The van der Waals surface area contributed by atoms with Gasteiger partial charge in [-0.1, -0.05) is 12.1 Å². The lowest BCUT2D eigenvalue weighted by Gasteiger charge is -2.09. The van der Waals surface area contributed by atoms with Crippen molar-refractivity contribution in [3.05, 3.63) is 71.7 Å². The number of aromatic amines is 1. The van der Waals surface area contributed by atoms with E-state index < -0.39 is 5.91 Å². The molecule has 0 aliphatic carbocycles. The van der Waals surface area contributed by atoms with Gasteiger partial charge in [-0.2, -0.15) is 15.3 Å². The highest BCUT2D eigenvalue weighted by Crippen LogP contribution is 2.18. The fourth-order valence-corrected chi connectivity index (χ4v) is 2.52. The second kappa shape index (κ2) is 7.94. The number of aromatic nitrogens is 3. The number of carbonyl (C=O) groups excluding carboxylic acids is 1. The zero-order chi connectivity index (χ0) is 18.4. The Morgan fingerprint density at radius 2 is 2.15 bits per heavy atom. The number of aryl methyl sites for hydroxylation is 2. The first-order chi connectivity index (χ1) is 12.7. The number of rotatable bonds is 6. The monoisotopic (exact) mass is 347 g/mol. The zero-order valence-corrected chi connectivity index (χ0v) is 14.2. The number of carbonyl (C=O) groups is 1. The van der Waals surface area contributed by atoms with E-state index in [1.165, 1.54) is 6.20 Å². The van der Waals surface area contributed by atoms with E-state index in [2.05, 4.69) is 15.2 Å². The zero-order valence-electron chi connectivity index (χ0n) is 14.2. The first-order valence-electron chi connectivity index (χ1n) is 8.02. The summed E-state index contributed by atoms with van der Waals surface area (Å²) in [5, 5.41) is 16.3. The van der Waals surface area contributed by atoms with E-state index in [-0.39, 0.29) is 5.82 Å². The van der Waals surface area contributed by atoms with Gasteiger partial charge in [0.25, 0.3) is 5.91 Å². The number of nitrogens with zero attached hydrogens (tertiary/aromatic N) is 4. The van der Waals surface area contributed by atoms with Crippen molar-refractivity contribution in [2.45, 2.75) is 12.8 Å². The lowest BCUT2D eigenvalue weighted by Crippen LogP contribution is -2.26. The average Bonchev–Trinajstić information content (AvgIpc) is 3.16. The van der Waals surface area contributed by atoms with Crippen molar-refractivity contribution in [2.24, 2.45) is 0 Å². The van der Waals surface area contributed by atoms with Crippen molar-refractivity contribution in [1.29, 1.82) is 5.26 Å². The number of benzene rings is 1. The topological polar surface area (TPSA) is 94.9 Å². The van der Waals surface area contributed by atoms with E-state index in [4.69, 9.17) is 4.74 Å². The molecule has 0 aliphatic rings. The third-order valence-corrected chi connectivity index (χ3v) is 3.88. The van der Waals surface area contributed by atoms with Crippen LogP contribution in [0.15, 0.2) is 54.9 Å². The number of H-pyrrole nitrogens is 1. The molecule has 7 nitrogen and oxygen atoms in total. The third-order valence-electron chi connectivity index (χ3n) is 3.88. The van der Waals surface area contributed by atoms with Gasteiger partial charge < -0.3 is 4.74 Å².